The SMILES string of the molecule is CNCC(Cc1ccccc1C)Cc1cccc(Cl)c1Cl. The van der Waals surface area contributed by atoms with E-state index in [1.54, 1.807) is 0 Å². The van der Waals surface area contributed by atoms with Crippen molar-refractivity contribution >= 4 is 23.2 Å². The molecule has 0 heterocycles. The predicted molar refractivity (Wildman–Crippen MR) is 92.5 cm³/mol. The summed E-state index contributed by atoms with van der Waals surface area (Å²) >= 11 is 12.4. The number of hydrogen-bond acceptors (Lipinski definition) is 1. The Kier molecular flexibility index (Phi) is 6.10. The molecule has 0 bridgehead atoms. The van der Waals surface area contributed by atoms with E-state index in [2.05, 4.69) is 42.6 Å². The Labute approximate surface area is 137 Å². The number of halogens is 2. The van der Waals surface area contributed by atoms with Gasteiger partial charge in [-0.2, -0.15) is 0 Å². The van der Waals surface area contributed by atoms with Crippen molar-refractivity contribution in [3.05, 3.63) is 69.2 Å². The minimum atomic E-state index is 0.493. The molecule has 0 aromatic heterocycles. The Hall–Kier alpha value is -1.02. The van der Waals surface area contributed by atoms with Gasteiger partial charge in [0.15, 0.2) is 0 Å². The van der Waals surface area contributed by atoms with Gasteiger partial charge < -0.3 is 5.32 Å². The van der Waals surface area contributed by atoms with Gasteiger partial charge in [0.25, 0.3) is 0 Å². The number of aryl methyl sites for hydroxylation is 1. The molecule has 0 aliphatic carbocycles. The molecule has 2 rings (SSSR count). The summed E-state index contributed by atoms with van der Waals surface area (Å²) in [6.45, 7) is 3.12. The van der Waals surface area contributed by atoms with Crippen molar-refractivity contribution in [3.8, 4) is 0 Å². The topological polar surface area (TPSA) is 12.0 Å². The van der Waals surface area contributed by atoms with Crippen LogP contribution < -0.4 is 5.32 Å². The molecule has 0 spiro atoms. The van der Waals surface area contributed by atoms with E-state index in [0.29, 0.717) is 16.0 Å². The molecular formula is C18H21Cl2N. The summed E-state index contributed by atoms with van der Waals surface area (Å²) in [6.07, 6.45) is 1.96. The molecule has 112 valence electrons. The minimum Gasteiger partial charge on any atom is -0.319 e. The lowest BCUT2D eigenvalue weighted by atomic mass is 9.90. The van der Waals surface area contributed by atoms with Crippen LogP contribution in [-0.2, 0) is 12.8 Å². The smallest absolute Gasteiger partial charge is 0.0624 e. The molecule has 1 atom stereocenters. The second-order valence-corrected chi connectivity index (χ2v) is 6.26. The van der Waals surface area contributed by atoms with Crippen molar-refractivity contribution in [1.82, 2.24) is 5.32 Å². The standard InChI is InChI=1S/C18H21Cl2N/c1-13-6-3-4-7-15(13)10-14(12-21-2)11-16-8-5-9-17(19)18(16)20/h3-9,14,21H,10-12H2,1-2H3. The van der Waals surface area contributed by atoms with Crippen LogP contribution in [0.5, 0.6) is 0 Å². The molecule has 3 heteroatoms. The van der Waals surface area contributed by atoms with Crippen LogP contribution in [0.15, 0.2) is 42.5 Å². The van der Waals surface area contributed by atoms with Gasteiger partial charge in [0.2, 0.25) is 0 Å². The van der Waals surface area contributed by atoms with Gasteiger partial charge in [-0.3, -0.25) is 0 Å². The average Bonchev–Trinajstić information content (AvgIpc) is 2.46. The summed E-state index contributed by atoms with van der Waals surface area (Å²) in [5, 5.41) is 4.60. The van der Waals surface area contributed by atoms with Crippen LogP contribution >= 0.6 is 23.2 Å². The predicted octanol–water partition coefficient (Wildman–Crippen LogP) is 4.92. The number of rotatable bonds is 6. The Morgan fingerprint density at radius 2 is 1.62 bits per heavy atom. The summed E-state index contributed by atoms with van der Waals surface area (Å²) in [6, 6.07) is 14.4. The van der Waals surface area contributed by atoms with Crippen molar-refractivity contribution in [3.63, 3.8) is 0 Å². The molecule has 0 saturated heterocycles. The van der Waals surface area contributed by atoms with E-state index >= 15 is 0 Å². The van der Waals surface area contributed by atoms with Crippen molar-refractivity contribution < 1.29 is 0 Å². The van der Waals surface area contributed by atoms with E-state index in [1.807, 2.05) is 19.2 Å². The largest absolute Gasteiger partial charge is 0.319 e. The van der Waals surface area contributed by atoms with Crippen molar-refractivity contribution in [2.24, 2.45) is 5.92 Å². The molecule has 2 aromatic carbocycles. The van der Waals surface area contributed by atoms with Crippen molar-refractivity contribution in [2.75, 3.05) is 13.6 Å². The molecule has 1 nitrogen and oxygen atoms in total. The van der Waals surface area contributed by atoms with Gasteiger partial charge in [-0.25, -0.2) is 0 Å². The third-order valence-corrected chi connectivity index (χ3v) is 4.66. The maximum atomic E-state index is 6.32. The van der Waals surface area contributed by atoms with Crippen LogP contribution in [-0.4, -0.2) is 13.6 Å². The molecule has 1 unspecified atom stereocenters. The molecule has 2 aromatic rings. The quantitative estimate of drug-likeness (QED) is 0.796. The molecule has 0 fully saturated rings. The highest BCUT2D eigenvalue weighted by atomic mass is 35.5. The number of benzene rings is 2. The van der Waals surface area contributed by atoms with Gasteiger partial charge >= 0.3 is 0 Å². The molecule has 0 aliphatic heterocycles. The highest BCUT2D eigenvalue weighted by molar-refractivity contribution is 6.42. The third kappa shape index (κ3) is 4.47. The summed E-state index contributed by atoms with van der Waals surface area (Å²) in [5.41, 5.74) is 3.87. The van der Waals surface area contributed by atoms with Crippen LogP contribution in [0.4, 0.5) is 0 Å². The monoisotopic (exact) mass is 321 g/mol. The Morgan fingerprint density at radius 1 is 0.952 bits per heavy atom. The van der Waals surface area contributed by atoms with Gasteiger partial charge in [0.1, 0.15) is 0 Å². The Bertz CT molecular complexity index is 596. The number of hydrogen-bond donors (Lipinski definition) is 1. The fourth-order valence-electron chi connectivity index (χ4n) is 2.67. The van der Waals surface area contributed by atoms with E-state index < -0.39 is 0 Å². The zero-order valence-corrected chi connectivity index (χ0v) is 14.0. The van der Waals surface area contributed by atoms with Gasteiger partial charge in [-0.05, 0) is 62.0 Å². The first-order chi connectivity index (χ1) is 10.1. The Balaban J connectivity index is 2.16. The maximum absolute atomic E-state index is 6.32. The summed E-state index contributed by atoms with van der Waals surface area (Å²) in [5.74, 6) is 0.493. The molecular weight excluding hydrogens is 301 g/mol. The van der Waals surface area contributed by atoms with Crippen molar-refractivity contribution in [1.29, 1.82) is 0 Å². The Morgan fingerprint density at radius 3 is 2.33 bits per heavy atom. The van der Waals surface area contributed by atoms with E-state index in [-0.39, 0.29) is 0 Å². The minimum absolute atomic E-state index is 0.493. The number of nitrogens with one attached hydrogen (secondary N) is 1. The first-order valence-corrected chi connectivity index (χ1v) is 7.99. The van der Waals surface area contributed by atoms with Gasteiger partial charge in [-0.15, -0.1) is 0 Å². The summed E-state index contributed by atoms with van der Waals surface area (Å²) in [7, 11) is 1.99. The third-order valence-electron chi connectivity index (χ3n) is 3.80. The van der Waals surface area contributed by atoms with Gasteiger partial charge in [0, 0.05) is 0 Å². The molecule has 21 heavy (non-hydrogen) atoms. The van der Waals surface area contributed by atoms with E-state index in [4.69, 9.17) is 23.2 Å². The lowest BCUT2D eigenvalue weighted by molar-refractivity contribution is 0.492. The zero-order valence-electron chi connectivity index (χ0n) is 12.5. The highest BCUT2D eigenvalue weighted by Crippen LogP contribution is 2.28. The summed E-state index contributed by atoms with van der Waals surface area (Å²) < 4.78 is 0. The van der Waals surface area contributed by atoms with Gasteiger partial charge in [0.05, 0.1) is 10.0 Å². The highest BCUT2D eigenvalue weighted by Gasteiger charge is 2.14. The maximum Gasteiger partial charge on any atom is 0.0624 e. The van der Waals surface area contributed by atoms with Gasteiger partial charge in [-0.1, -0.05) is 59.6 Å². The molecule has 0 saturated carbocycles. The fraction of sp³-hybridized carbons (Fsp3) is 0.333. The molecule has 1 N–H and O–H groups in total. The fourth-order valence-corrected chi connectivity index (χ4v) is 3.07. The van der Waals surface area contributed by atoms with Crippen molar-refractivity contribution in [2.45, 2.75) is 19.8 Å². The van der Waals surface area contributed by atoms with Crippen LogP contribution in [0.1, 0.15) is 16.7 Å². The second kappa shape index (κ2) is 7.84. The van der Waals surface area contributed by atoms with E-state index in [0.717, 1.165) is 24.9 Å². The zero-order chi connectivity index (χ0) is 15.2. The van der Waals surface area contributed by atoms with Crippen LogP contribution in [0, 0.1) is 12.8 Å². The molecule has 0 radical (unpaired) electrons. The normalized spacial score (nSPS) is 12.4. The summed E-state index contributed by atoms with van der Waals surface area (Å²) in [4.78, 5) is 0. The molecule has 0 amide bonds. The lowest BCUT2D eigenvalue weighted by Gasteiger charge is -2.19. The van der Waals surface area contributed by atoms with Crippen LogP contribution in [0.2, 0.25) is 10.0 Å². The van der Waals surface area contributed by atoms with Crippen LogP contribution in [0.3, 0.4) is 0 Å². The second-order valence-electron chi connectivity index (χ2n) is 5.47. The molecule has 0 aliphatic rings. The first kappa shape index (κ1) is 16.4. The van der Waals surface area contributed by atoms with E-state index in [1.165, 1.54) is 11.1 Å². The van der Waals surface area contributed by atoms with E-state index in [9.17, 15) is 0 Å². The van der Waals surface area contributed by atoms with Crippen LogP contribution in [0.25, 0.3) is 0 Å². The first-order valence-electron chi connectivity index (χ1n) is 7.23. The average molecular weight is 322 g/mol. The lowest BCUT2D eigenvalue weighted by Crippen LogP contribution is -2.23.